The van der Waals surface area contributed by atoms with Crippen LogP contribution in [0.25, 0.3) is 6.08 Å². The van der Waals surface area contributed by atoms with E-state index in [0.717, 1.165) is 40.9 Å². The van der Waals surface area contributed by atoms with Crippen LogP contribution in [-0.4, -0.2) is 12.9 Å². The first-order valence-corrected chi connectivity index (χ1v) is 7.23. The maximum absolute atomic E-state index is 12.6. The van der Waals surface area contributed by atoms with Crippen molar-refractivity contribution in [1.82, 2.24) is 0 Å². The maximum Gasteiger partial charge on any atom is 0.189 e. The van der Waals surface area contributed by atoms with Crippen molar-refractivity contribution < 1.29 is 9.53 Å². The van der Waals surface area contributed by atoms with Crippen LogP contribution < -0.4 is 4.74 Å². The van der Waals surface area contributed by atoms with E-state index in [4.69, 9.17) is 16.3 Å². The molecule has 0 aliphatic heterocycles. The molecule has 3 rings (SSSR count). The second-order valence-corrected chi connectivity index (χ2v) is 5.51. The number of allylic oxidation sites excluding steroid dienone is 1. The Balaban J connectivity index is 1.93. The number of aryl methyl sites for hydroxylation is 1. The molecule has 0 atom stereocenters. The molecule has 0 N–H and O–H groups in total. The van der Waals surface area contributed by atoms with Gasteiger partial charge in [0.1, 0.15) is 5.75 Å². The molecule has 0 radical (unpaired) electrons. The van der Waals surface area contributed by atoms with Gasteiger partial charge in [-0.05, 0) is 60.4 Å². The van der Waals surface area contributed by atoms with Gasteiger partial charge in [0, 0.05) is 16.2 Å². The van der Waals surface area contributed by atoms with Gasteiger partial charge in [0.25, 0.3) is 0 Å². The minimum Gasteiger partial charge on any atom is -0.497 e. The lowest BCUT2D eigenvalue weighted by Crippen LogP contribution is -2.14. The number of rotatable bonds is 2. The fourth-order valence-corrected chi connectivity index (χ4v) is 2.71. The van der Waals surface area contributed by atoms with Crippen molar-refractivity contribution in [1.29, 1.82) is 0 Å². The summed E-state index contributed by atoms with van der Waals surface area (Å²) >= 11 is 5.88. The second kappa shape index (κ2) is 5.74. The molecule has 0 bridgehead atoms. The summed E-state index contributed by atoms with van der Waals surface area (Å²) < 4.78 is 5.21. The van der Waals surface area contributed by atoms with Gasteiger partial charge in [0.2, 0.25) is 0 Å². The zero-order valence-corrected chi connectivity index (χ0v) is 12.5. The Morgan fingerprint density at radius 2 is 1.86 bits per heavy atom. The largest absolute Gasteiger partial charge is 0.497 e. The Labute approximate surface area is 129 Å². The van der Waals surface area contributed by atoms with Crippen LogP contribution in [0.3, 0.4) is 0 Å². The number of carbonyl (C=O) groups excluding carboxylic acids is 1. The van der Waals surface area contributed by atoms with Crippen LogP contribution in [0, 0.1) is 0 Å². The van der Waals surface area contributed by atoms with E-state index in [1.165, 1.54) is 0 Å². The molecule has 0 spiro atoms. The molecule has 1 aliphatic carbocycles. The number of hydrogen-bond donors (Lipinski definition) is 0. The SMILES string of the molecule is COc1ccc2c(c1)CC/C(=C\c1ccc(Cl)cc1)C2=O. The molecule has 1 aliphatic rings. The van der Waals surface area contributed by atoms with Gasteiger partial charge in [-0.1, -0.05) is 23.7 Å². The highest BCUT2D eigenvalue weighted by Crippen LogP contribution is 2.29. The highest BCUT2D eigenvalue weighted by molar-refractivity contribution is 6.30. The van der Waals surface area contributed by atoms with Gasteiger partial charge in [0.15, 0.2) is 5.78 Å². The van der Waals surface area contributed by atoms with Crippen molar-refractivity contribution >= 4 is 23.5 Å². The minimum atomic E-state index is 0.105. The van der Waals surface area contributed by atoms with Crippen molar-refractivity contribution in [3.63, 3.8) is 0 Å². The lowest BCUT2D eigenvalue weighted by Gasteiger charge is -2.18. The Bertz CT molecular complexity index is 714. The molecule has 2 nitrogen and oxygen atoms in total. The summed E-state index contributed by atoms with van der Waals surface area (Å²) in [5, 5.41) is 0.699. The van der Waals surface area contributed by atoms with Crippen LogP contribution in [0.4, 0.5) is 0 Å². The first-order chi connectivity index (χ1) is 10.2. The number of methoxy groups -OCH3 is 1. The predicted octanol–water partition coefficient (Wildman–Crippen LogP) is 4.56. The van der Waals surface area contributed by atoms with Crippen molar-refractivity contribution in [2.24, 2.45) is 0 Å². The van der Waals surface area contributed by atoms with Crippen LogP contribution in [0.2, 0.25) is 5.02 Å². The summed E-state index contributed by atoms with van der Waals surface area (Å²) in [6.45, 7) is 0. The highest BCUT2D eigenvalue weighted by atomic mass is 35.5. The normalized spacial score (nSPS) is 15.9. The van der Waals surface area contributed by atoms with Crippen molar-refractivity contribution in [3.8, 4) is 5.75 Å². The van der Waals surface area contributed by atoms with Crippen LogP contribution in [-0.2, 0) is 6.42 Å². The van der Waals surface area contributed by atoms with Gasteiger partial charge in [0.05, 0.1) is 7.11 Å². The number of ether oxygens (including phenoxy) is 1. The average molecular weight is 299 g/mol. The first-order valence-electron chi connectivity index (χ1n) is 6.85. The van der Waals surface area contributed by atoms with E-state index in [1.54, 1.807) is 7.11 Å². The van der Waals surface area contributed by atoms with Gasteiger partial charge < -0.3 is 4.74 Å². The van der Waals surface area contributed by atoms with Crippen LogP contribution in [0.15, 0.2) is 48.0 Å². The maximum atomic E-state index is 12.6. The van der Waals surface area contributed by atoms with E-state index in [0.29, 0.717) is 5.02 Å². The molecule has 0 heterocycles. The third kappa shape index (κ3) is 2.86. The van der Waals surface area contributed by atoms with E-state index in [9.17, 15) is 4.79 Å². The summed E-state index contributed by atoms with van der Waals surface area (Å²) in [6.07, 6.45) is 3.56. The minimum absolute atomic E-state index is 0.105. The zero-order chi connectivity index (χ0) is 14.8. The van der Waals surface area contributed by atoms with Crippen molar-refractivity contribution in [2.45, 2.75) is 12.8 Å². The molecule has 21 heavy (non-hydrogen) atoms. The van der Waals surface area contributed by atoms with Gasteiger partial charge >= 0.3 is 0 Å². The van der Waals surface area contributed by atoms with E-state index in [-0.39, 0.29) is 5.78 Å². The Morgan fingerprint density at radius 3 is 2.57 bits per heavy atom. The fourth-order valence-electron chi connectivity index (χ4n) is 2.58. The summed E-state index contributed by atoms with van der Waals surface area (Å²) in [4.78, 5) is 12.6. The number of hydrogen-bond acceptors (Lipinski definition) is 2. The molecule has 0 fully saturated rings. The highest BCUT2D eigenvalue weighted by Gasteiger charge is 2.22. The van der Waals surface area contributed by atoms with Gasteiger partial charge in [-0.3, -0.25) is 4.79 Å². The summed E-state index contributed by atoms with van der Waals surface area (Å²) in [5.74, 6) is 0.903. The topological polar surface area (TPSA) is 26.3 Å². The smallest absolute Gasteiger partial charge is 0.189 e. The zero-order valence-electron chi connectivity index (χ0n) is 11.7. The Hall–Kier alpha value is -2.06. The molecule has 0 unspecified atom stereocenters. The van der Waals surface area contributed by atoms with Gasteiger partial charge in [-0.15, -0.1) is 0 Å². The molecule has 2 aromatic carbocycles. The molecular weight excluding hydrogens is 284 g/mol. The second-order valence-electron chi connectivity index (χ2n) is 5.07. The molecular formula is C18H15ClO2. The van der Waals surface area contributed by atoms with Gasteiger partial charge in [-0.2, -0.15) is 0 Å². The first kappa shape index (κ1) is 13.9. The lowest BCUT2D eigenvalue weighted by atomic mass is 9.86. The molecule has 0 aromatic heterocycles. The quantitative estimate of drug-likeness (QED) is 0.760. The van der Waals surface area contributed by atoms with E-state index >= 15 is 0 Å². The number of carbonyl (C=O) groups is 1. The van der Waals surface area contributed by atoms with Crippen LogP contribution >= 0.6 is 11.6 Å². The average Bonchev–Trinajstić information content (AvgIpc) is 2.52. The number of benzene rings is 2. The number of fused-ring (bicyclic) bond motifs is 1. The molecule has 0 amide bonds. The number of ketones is 1. The van der Waals surface area contributed by atoms with E-state index < -0.39 is 0 Å². The van der Waals surface area contributed by atoms with Gasteiger partial charge in [-0.25, -0.2) is 0 Å². The molecule has 3 heteroatoms. The fraction of sp³-hybridized carbons (Fsp3) is 0.167. The molecule has 0 saturated heterocycles. The summed E-state index contributed by atoms with van der Waals surface area (Å²) in [7, 11) is 1.64. The molecule has 106 valence electrons. The van der Waals surface area contributed by atoms with Crippen LogP contribution in [0.1, 0.15) is 27.9 Å². The molecule has 0 saturated carbocycles. The monoisotopic (exact) mass is 298 g/mol. The van der Waals surface area contributed by atoms with Crippen molar-refractivity contribution in [3.05, 3.63) is 69.8 Å². The third-order valence-electron chi connectivity index (χ3n) is 3.72. The Kier molecular flexibility index (Phi) is 3.80. The Morgan fingerprint density at radius 1 is 1.10 bits per heavy atom. The third-order valence-corrected chi connectivity index (χ3v) is 3.98. The van der Waals surface area contributed by atoms with Crippen molar-refractivity contribution in [2.75, 3.05) is 7.11 Å². The number of Topliss-reactive ketones (excluding diaryl/α,β-unsaturated/α-hetero) is 1. The lowest BCUT2D eigenvalue weighted by molar-refractivity contribution is 0.102. The van der Waals surface area contributed by atoms with Crippen LogP contribution in [0.5, 0.6) is 5.75 Å². The summed E-state index contributed by atoms with van der Waals surface area (Å²) in [5.41, 5.74) is 3.68. The predicted molar refractivity (Wildman–Crippen MR) is 85.1 cm³/mol. The molecule has 2 aromatic rings. The standard InChI is InChI=1S/C18H15ClO2/c1-21-16-8-9-17-13(11-16)4-5-14(18(17)20)10-12-2-6-15(19)7-3-12/h2-3,6-11H,4-5H2,1H3/b14-10+. The summed E-state index contributed by atoms with van der Waals surface area (Å²) in [6, 6.07) is 13.2. The van der Waals surface area contributed by atoms with E-state index in [2.05, 4.69) is 0 Å². The number of halogens is 1. The van der Waals surface area contributed by atoms with E-state index in [1.807, 2.05) is 48.5 Å².